The Kier molecular flexibility index (Phi) is 2.60. The average molecular weight is 100 g/mol. The van der Waals surface area contributed by atoms with Crippen LogP contribution in [0.1, 0.15) is 13.8 Å². The molecule has 1 radical (unpaired) electrons. The van der Waals surface area contributed by atoms with Gasteiger partial charge >= 0.3 is 0 Å². The molecule has 2 nitrogen and oxygen atoms in total. The van der Waals surface area contributed by atoms with Crippen molar-refractivity contribution in [3.63, 3.8) is 0 Å². The van der Waals surface area contributed by atoms with Crippen molar-refractivity contribution < 1.29 is 4.79 Å². The van der Waals surface area contributed by atoms with Crippen LogP contribution in [0.3, 0.4) is 0 Å². The molecule has 0 aromatic rings. The molecule has 0 atom stereocenters. The largest absolute Gasteiger partial charge is 0.298 e. The van der Waals surface area contributed by atoms with Crippen LogP contribution in [0.25, 0.3) is 0 Å². The molecule has 0 saturated carbocycles. The van der Waals surface area contributed by atoms with E-state index in [0.29, 0.717) is 0 Å². The minimum atomic E-state index is -0.0718. The van der Waals surface area contributed by atoms with Crippen molar-refractivity contribution in [1.29, 1.82) is 0 Å². The molecular formula is C5H10NO. The zero-order valence-electron chi connectivity index (χ0n) is 4.69. The van der Waals surface area contributed by atoms with E-state index in [1.54, 1.807) is 13.8 Å². The summed E-state index contributed by atoms with van der Waals surface area (Å²) in [7, 11) is 0. The predicted octanol–water partition coefficient (Wildman–Crippen LogP) is 0.494. The Morgan fingerprint density at radius 3 is 2.14 bits per heavy atom. The van der Waals surface area contributed by atoms with Crippen LogP contribution in [-0.2, 0) is 4.79 Å². The molecule has 0 unspecified atom stereocenters. The SMILES string of the molecule is CC(C)C(=O)C[NH]. The van der Waals surface area contributed by atoms with Gasteiger partial charge in [0.05, 0.1) is 6.54 Å². The number of nitrogens with one attached hydrogen (secondary N) is 1. The molecule has 0 aliphatic carbocycles. The lowest BCUT2D eigenvalue weighted by Crippen LogP contribution is -2.11. The van der Waals surface area contributed by atoms with Crippen molar-refractivity contribution in [2.45, 2.75) is 13.8 Å². The fourth-order valence-corrected chi connectivity index (χ4v) is 0.204. The predicted molar refractivity (Wildman–Crippen MR) is 27.8 cm³/mol. The molecule has 0 saturated heterocycles. The standard InChI is InChI=1S/C5H10NO/c1-4(2)5(7)3-6/h4,6H,3H2,1-2H3. The van der Waals surface area contributed by atoms with Crippen molar-refractivity contribution >= 4 is 5.78 Å². The van der Waals surface area contributed by atoms with Crippen molar-refractivity contribution in [1.82, 2.24) is 5.73 Å². The third-order valence-electron chi connectivity index (χ3n) is 0.818. The number of Topliss-reactive ketones (excluding diaryl/α,β-unsaturated/α-hetero) is 1. The molecule has 0 bridgehead atoms. The second-order valence-electron chi connectivity index (χ2n) is 1.80. The van der Waals surface area contributed by atoms with E-state index in [1.165, 1.54) is 0 Å². The van der Waals surface area contributed by atoms with E-state index in [1.807, 2.05) is 0 Å². The fraction of sp³-hybridized carbons (Fsp3) is 0.800. The molecule has 0 heterocycles. The Morgan fingerprint density at radius 2 is 2.14 bits per heavy atom. The van der Waals surface area contributed by atoms with Crippen LogP contribution in [0.4, 0.5) is 0 Å². The number of carbonyl (C=O) groups excluding carboxylic acids is 1. The second kappa shape index (κ2) is 2.75. The van der Waals surface area contributed by atoms with Gasteiger partial charge < -0.3 is 0 Å². The highest BCUT2D eigenvalue weighted by Crippen LogP contribution is 1.90. The summed E-state index contributed by atoms with van der Waals surface area (Å²) in [6.45, 7) is 3.53. The van der Waals surface area contributed by atoms with Gasteiger partial charge in [0.25, 0.3) is 0 Å². The average Bonchev–Trinajstić information content (AvgIpc) is 1.65. The molecule has 0 aliphatic heterocycles. The summed E-state index contributed by atoms with van der Waals surface area (Å²) in [4.78, 5) is 10.3. The van der Waals surface area contributed by atoms with Gasteiger partial charge in [-0.1, -0.05) is 13.8 Å². The Morgan fingerprint density at radius 1 is 1.71 bits per heavy atom. The van der Waals surface area contributed by atoms with Crippen molar-refractivity contribution in [3.8, 4) is 0 Å². The lowest BCUT2D eigenvalue weighted by atomic mass is 10.1. The van der Waals surface area contributed by atoms with Crippen LogP contribution in [0.5, 0.6) is 0 Å². The van der Waals surface area contributed by atoms with Gasteiger partial charge in [-0.15, -0.1) is 0 Å². The van der Waals surface area contributed by atoms with Gasteiger partial charge in [0.2, 0.25) is 0 Å². The van der Waals surface area contributed by atoms with Crippen molar-refractivity contribution in [2.24, 2.45) is 5.92 Å². The number of carbonyl (C=O) groups is 1. The molecule has 0 spiro atoms. The number of ketones is 1. The van der Waals surface area contributed by atoms with Gasteiger partial charge in [-0.2, -0.15) is 0 Å². The highest BCUT2D eigenvalue weighted by atomic mass is 16.1. The lowest BCUT2D eigenvalue weighted by Gasteiger charge is -1.95. The van der Waals surface area contributed by atoms with Crippen LogP contribution in [-0.4, -0.2) is 12.3 Å². The second-order valence-corrected chi connectivity index (χ2v) is 1.80. The van der Waals surface area contributed by atoms with Crippen LogP contribution in [0.15, 0.2) is 0 Å². The molecule has 0 amide bonds. The molecule has 7 heavy (non-hydrogen) atoms. The third-order valence-corrected chi connectivity index (χ3v) is 0.818. The summed E-state index contributed by atoms with van der Waals surface area (Å²) in [5.41, 5.74) is 6.59. The highest BCUT2D eigenvalue weighted by Gasteiger charge is 2.01. The molecule has 0 aliphatic rings. The Labute approximate surface area is 43.7 Å². The van der Waals surface area contributed by atoms with E-state index in [-0.39, 0.29) is 18.2 Å². The van der Waals surface area contributed by atoms with E-state index >= 15 is 0 Å². The Hall–Kier alpha value is -0.370. The monoisotopic (exact) mass is 100 g/mol. The van der Waals surface area contributed by atoms with E-state index in [2.05, 4.69) is 0 Å². The molecule has 1 N–H and O–H groups in total. The van der Waals surface area contributed by atoms with Crippen molar-refractivity contribution in [3.05, 3.63) is 0 Å². The first-order valence-electron chi connectivity index (χ1n) is 2.35. The summed E-state index contributed by atoms with van der Waals surface area (Å²) >= 11 is 0. The topological polar surface area (TPSA) is 40.9 Å². The maximum absolute atomic E-state index is 10.3. The zero-order chi connectivity index (χ0) is 5.86. The highest BCUT2D eigenvalue weighted by molar-refractivity contribution is 5.81. The van der Waals surface area contributed by atoms with Gasteiger partial charge in [-0.05, 0) is 0 Å². The van der Waals surface area contributed by atoms with E-state index in [4.69, 9.17) is 5.73 Å². The Bertz CT molecular complexity index is 68.5. The summed E-state index contributed by atoms with van der Waals surface area (Å²) in [5, 5.41) is 0. The molecule has 0 aromatic heterocycles. The fourth-order valence-electron chi connectivity index (χ4n) is 0.204. The first-order chi connectivity index (χ1) is 3.18. The summed E-state index contributed by atoms with van der Waals surface area (Å²) in [6, 6.07) is 0. The lowest BCUT2D eigenvalue weighted by molar-refractivity contribution is -0.120. The van der Waals surface area contributed by atoms with E-state index in [0.717, 1.165) is 0 Å². The van der Waals surface area contributed by atoms with Gasteiger partial charge in [0, 0.05) is 5.92 Å². The van der Waals surface area contributed by atoms with Gasteiger partial charge in [-0.25, -0.2) is 5.73 Å². The minimum Gasteiger partial charge on any atom is -0.298 e. The van der Waals surface area contributed by atoms with Crippen LogP contribution in [0.2, 0.25) is 0 Å². The van der Waals surface area contributed by atoms with Crippen LogP contribution >= 0.6 is 0 Å². The molecular weight excluding hydrogens is 90.1 g/mol. The normalized spacial score (nSPS) is 9.71. The number of rotatable bonds is 2. The molecule has 0 rings (SSSR count). The minimum absolute atomic E-state index is 0.0139. The molecule has 2 heteroatoms. The molecule has 0 fully saturated rings. The smallest absolute Gasteiger partial charge is 0.150 e. The van der Waals surface area contributed by atoms with Crippen LogP contribution < -0.4 is 5.73 Å². The van der Waals surface area contributed by atoms with Crippen LogP contribution in [0, 0.1) is 5.92 Å². The molecule has 0 aromatic carbocycles. The van der Waals surface area contributed by atoms with E-state index < -0.39 is 0 Å². The van der Waals surface area contributed by atoms with E-state index in [9.17, 15) is 4.79 Å². The zero-order valence-corrected chi connectivity index (χ0v) is 4.69. The maximum Gasteiger partial charge on any atom is 0.150 e. The summed E-state index contributed by atoms with van der Waals surface area (Å²) < 4.78 is 0. The number of hydrogen-bond acceptors (Lipinski definition) is 1. The quantitative estimate of drug-likeness (QED) is 0.498. The van der Waals surface area contributed by atoms with Gasteiger partial charge in [-0.3, -0.25) is 4.79 Å². The molecule has 41 valence electrons. The Balaban J connectivity index is 3.35. The van der Waals surface area contributed by atoms with Gasteiger partial charge in [0.15, 0.2) is 5.78 Å². The summed E-state index contributed by atoms with van der Waals surface area (Å²) in [6.07, 6.45) is 0. The third kappa shape index (κ3) is 2.34. The number of hydrogen-bond donors (Lipinski definition) is 0. The summed E-state index contributed by atoms with van der Waals surface area (Å²) in [5.74, 6) is 0.0532. The van der Waals surface area contributed by atoms with Crippen molar-refractivity contribution in [2.75, 3.05) is 6.54 Å². The maximum atomic E-state index is 10.3. The first-order valence-corrected chi connectivity index (χ1v) is 2.35. The van der Waals surface area contributed by atoms with Gasteiger partial charge in [0.1, 0.15) is 0 Å². The first kappa shape index (κ1) is 6.63.